The van der Waals surface area contributed by atoms with Gasteiger partial charge in [0, 0.05) is 5.39 Å². The molecule has 0 radical (unpaired) electrons. The van der Waals surface area contributed by atoms with E-state index in [1.165, 1.54) is 0 Å². The third kappa shape index (κ3) is 1.86. The molecule has 0 saturated carbocycles. The van der Waals surface area contributed by atoms with Crippen LogP contribution in [0.1, 0.15) is 12.5 Å². The molecule has 0 amide bonds. The highest BCUT2D eigenvalue weighted by atomic mass is 16.5. The van der Waals surface area contributed by atoms with E-state index >= 15 is 0 Å². The average molecular weight is 202 g/mol. The zero-order valence-corrected chi connectivity index (χ0v) is 8.95. The molecule has 2 rings (SSSR count). The van der Waals surface area contributed by atoms with E-state index < -0.39 is 0 Å². The van der Waals surface area contributed by atoms with Crippen molar-refractivity contribution in [3.8, 4) is 5.75 Å². The van der Waals surface area contributed by atoms with Crippen LogP contribution in [0.5, 0.6) is 5.75 Å². The molecule has 1 aromatic carbocycles. The van der Waals surface area contributed by atoms with E-state index in [2.05, 4.69) is 4.98 Å². The van der Waals surface area contributed by atoms with Gasteiger partial charge in [-0.3, -0.25) is 0 Å². The number of pyridine rings is 1. The number of nitrogens with two attached hydrogens (primary N) is 1. The molecular weight excluding hydrogens is 188 g/mol. The first-order valence-electron chi connectivity index (χ1n) is 5.00. The van der Waals surface area contributed by atoms with Gasteiger partial charge < -0.3 is 10.5 Å². The zero-order valence-electron chi connectivity index (χ0n) is 8.95. The highest BCUT2D eigenvalue weighted by Gasteiger charge is 2.02. The van der Waals surface area contributed by atoms with Crippen LogP contribution in [0.2, 0.25) is 0 Å². The molecule has 0 fully saturated rings. The standard InChI is InChI=1S/C12H14N2O/c1-3-15-9-4-5-11-10(7-9)8(2)6-12(13)14-11/h4-7H,3H2,1-2H3,(H2,13,14). The molecule has 0 aliphatic rings. The van der Waals surface area contributed by atoms with E-state index in [9.17, 15) is 0 Å². The molecule has 0 aliphatic heterocycles. The van der Waals surface area contributed by atoms with E-state index in [-0.39, 0.29) is 0 Å². The van der Waals surface area contributed by atoms with Crippen molar-refractivity contribution in [2.45, 2.75) is 13.8 Å². The fourth-order valence-corrected chi connectivity index (χ4v) is 1.66. The van der Waals surface area contributed by atoms with E-state index in [1.54, 1.807) is 0 Å². The summed E-state index contributed by atoms with van der Waals surface area (Å²) in [6, 6.07) is 7.72. The maximum Gasteiger partial charge on any atom is 0.124 e. The van der Waals surface area contributed by atoms with E-state index in [0.717, 1.165) is 22.2 Å². The lowest BCUT2D eigenvalue weighted by atomic mass is 10.1. The van der Waals surface area contributed by atoms with Gasteiger partial charge in [0.25, 0.3) is 0 Å². The Morgan fingerprint density at radius 1 is 1.33 bits per heavy atom. The largest absolute Gasteiger partial charge is 0.494 e. The SMILES string of the molecule is CCOc1ccc2nc(N)cc(C)c2c1. The van der Waals surface area contributed by atoms with Gasteiger partial charge in [-0.15, -0.1) is 0 Å². The number of nitrogens with zero attached hydrogens (tertiary/aromatic N) is 1. The molecule has 1 heterocycles. The number of fused-ring (bicyclic) bond motifs is 1. The Morgan fingerprint density at radius 3 is 2.87 bits per heavy atom. The predicted molar refractivity (Wildman–Crippen MR) is 62.1 cm³/mol. The van der Waals surface area contributed by atoms with Crippen LogP contribution in [0.15, 0.2) is 24.3 Å². The summed E-state index contributed by atoms with van der Waals surface area (Å²) in [4.78, 5) is 4.26. The van der Waals surface area contributed by atoms with Crippen molar-refractivity contribution in [2.75, 3.05) is 12.3 Å². The summed E-state index contributed by atoms with van der Waals surface area (Å²) in [5.41, 5.74) is 7.72. The molecule has 0 aliphatic carbocycles. The van der Waals surface area contributed by atoms with Crippen molar-refractivity contribution in [1.29, 1.82) is 0 Å². The van der Waals surface area contributed by atoms with Crippen LogP contribution in [-0.2, 0) is 0 Å². The first kappa shape index (κ1) is 9.77. The van der Waals surface area contributed by atoms with Gasteiger partial charge in [-0.25, -0.2) is 4.98 Å². The Bertz CT molecular complexity index is 494. The van der Waals surface area contributed by atoms with Crippen LogP contribution in [0.4, 0.5) is 5.82 Å². The Hall–Kier alpha value is -1.77. The van der Waals surface area contributed by atoms with Crippen LogP contribution in [0, 0.1) is 6.92 Å². The lowest BCUT2D eigenvalue weighted by Crippen LogP contribution is -1.94. The molecule has 0 saturated heterocycles. The normalized spacial score (nSPS) is 10.5. The first-order valence-corrected chi connectivity index (χ1v) is 5.00. The van der Waals surface area contributed by atoms with Crippen LogP contribution in [0.3, 0.4) is 0 Å². The van der Waals surface area contributed by atoms with Gasteiger partial charge in [0.1, 0.15) is 11.6 Å². The second-order valence-electron chi connectivity index (χ2n) is 3.48. The minimum absolute atomic E-state index is 0.559. The molecule has 0 unspecified atom stereocenters. The monoisotopic (exact) mass is 202 g/mol. The number of nitrogen functional groups attached to an aromatic ring is 1. The maximum atomic E-state index is 5.68. The molecule has 2 N–H and O–H groups in total. The molecule has 15 heavy (non-hydrogen) atoms. The molecule has 2 aromatic rings. The van der Waals surface area contributed by atoms with Crippen molar-refractivity contribution in [2.24, 2.45) is 0 Å². The molecule has 78 valence electrons. The van der Waals surface area contributed by atoms with Gasteiger partial charge in [-0.05, 0) is 43.7 Å². The van der Waals surface area contributed by atoms with Gasteiger partial charge in [0.05, 0.1) is 12.1 Å². The van der Waals surface area contributed by atoms with Crippen LogP contribution < -0.4 is 10.5 Å². The highest BCUT2D eigenvalue weighted by molar-refractivity contribution is 5.84. The average Bonchev–Trinajstić information content (AvgIpc) is 2.19. The number of rotatable bonds is 2. The smallest absolute Gasteiger partial charge is 0.124 e. The van der Waals surface area contributed by atoms with Crippen molar-refractivity contribution in [3.63, 3.8) is 0 Å². The van der Waals surface area contributed by atoms with Gasteiger partial charge in [0.15, 0.2) is 0 Å². The second kappa shape index (κ2) is 3.77. The Balaban J connectivity index is 2.60. The maximum absolute atomic E-state index is 5.68. The minimum atomic E-state index is 0.559. The molecule has 3 heteroatoms. The number of aryl methyl sites for hydroxylation is 1. The Kier molecular flexibility index (Phi) is 2.46. The van der Waals surface area contributed by atoms with Gasteiger partial charge in [-0.2, -0.15) is 0 Å². The zero-order chi connectivity index (χ0) is 10.8. The summed E-state index contributed by atoms with van der Waals surface area (Å²) < 4.78 is 5.44. The summed E-state index contributed by atoms with van der Waals surface area (Å²) in [7, 11) is 0. The van der Waals surface area contributed by atoms with Crippen molar-refractivity contribution in [3.05, 3.63) is 29.8 Å². The van der Waals surface area contributed by atoms with Crippen LogP contribution in [0.25, 0.3) is 10.9 Å². The number of aromatic nitrogens is 1. The van der Waals surface area contributed by atoms with Crippen molar-refractivity contribution >= 4 is 16.7 Å². The van der Waals surface area contributed by atoms with Crippen LogP contribution in [-0.4, -0.2) is 11.6 Å². The molecule has 1 aromatic heterocycles. The topological polar surface area (TPSA) is 48.1 Å². The highest BCUT2D eigenvalue weighted by Crippen LogP contribution is 2.23. The number of hydrogen-bond donors (Lipinski definition) is 1. The molecular formula is C12H14N2O. The number of benzene rings is 1. The predicted octanol–water partition coefficient (Wildman–Crippen LogP) is 2.52. The quantitative estimate of drug-likeness (QED) is 0.814. The Morgan fingerprint density at radius 2 is 2.13 bits per heavy atom. The fraction of sp³-hybridized carbons (Fsp3) is 0.250. The molecule has 0 spiro atoms. The lowest BCUT2D eigenvalue weighted by Gasteiger charge is -2.06. The number of hydrogen-bond acceptors (Lipinski definition) is 3. The summed E-state index contributed by atoms with van der Waals surface area (Å²) in [5, 5.41) is 1.09. The summed E-state index contributed by atoms with van der Waals surface area (Å²) in [5.74, 6) is 1.43. The molecule has 3 nitrogen and oxygen atoms in total. The van der Waals surface area contributed by atoms with E-state index in [0.29, 0.717) is 12.4 Å². The summed E-state index contributed by atoms with van der Waals surface area (Å²) >= 11 is 0. The third-order valence-corrected chi connectivity index (χ3v) is 2.32. The molecule has 0 bridgehead atoms. The van der Waals surface area contributed by atoms with Gasteiger partial charge >= 0.3 is 0 Å². The number of anilines is 1. The van der Waals surface area contributed by atoms with Gasteiger partial charge in [-0.1, -0.05) is 0 Å². The third-order valence-electron chi connectivity index (χ3n) is 2.32. The van der Waals surface area contributed by atoms with Crippen molar-refractivity contribution < 1.29 is 4.74 Å². The van der Waals surface area contributed by atoms with E-state index in [1.807, 2.05) is 38.1 Å². The van der Waals surface area contributed by atoms with Crippen LogP contribution >= 0.6 is 0 Å². The fourth-order valence-electron chi connectivity index (χ4n) is 1.66. The van der Waals surface area contributed by atoms with E-state index in [4.69, 9.17) is 10.5 Å². The minimum Gasteiger partial charge on any atom is -0.494 e. The first-order chi connectivity index (χ1) is 7.20. The summed E-state index contributed by atoms with van der Waals surface area (Å²) in [6.07, 6.45) is 0. The molecule has 0 atom stereocenters. The second-order valence-corrected chi connectivity index (χ2v) is 3.48. The number of ether oxygens (including phenoxy) is 1. The summed E-state index contributed by atoms with van der Waals surface area (Å²) in [6.45, 7) is 4.67. The van der Waals surface area contributed by atoms with Gasteiger partial charge in [0.2, 0.25) is 0 Å². The van der Waals surface area contributed by atoms with Crippen molar-refractivity contribution in [1.82, 2.24) is 4.98 Å². The Labute approximate surface area is 88.9 Å². The lowest BCUT2D eigenvalue weighted by molar-refractivity contribution is 0.340.